The van der Waals surface area contributed by atoms with Crippen molar-refractivity contribution in [3.8, 4) is 5.75 Å². The third kappa shape index (κ3) is 5.82. The lowest BCUT2D eigenvalue weighted by Gasteiger charge is -2.32. The Bertz CT molecular complexity index is 1100. The van der Waals surface area contributed by atoms with Gasteiger partial charge in [0.25, 0.3) is 10.0 Å². The Labute approximate surface area is 214 Å². The maximum atomic E-state index is 13.4. The normalized spacial score (nSPS) is 21.7. The maximum absolute atomic E-state index is 13.4. The number of nitrogens with zero attached hydrogens (tertiary/aromatic N) is 3. The molecule has 3 aliphatic heterocycles. The molecule has 6 nitrogen and oxygen atoms in total. The highest BCUT2D eigenvalue weighted by Gasteiger charge is 2.30. The van der Waals surface area contributed by atoms with Gasteiger partial charge in [-0.25, -0.2) is 8.42 Å². The first kappa shape index (κ1) is 24.9. The summed E-state index contributed by atoms with van der Waals surface area (Å²) >= 11 is 1.70. The topological polar surface area (TPSA) is 53.1 Å². The van der Waals surface area contributed by atoms with E-state index in [1.54, 1.807) is 28.2 Å². The molecule has 0 saturated carbocycles. The smallest absolute Gasteiger partial charge is 0.264 e. The average molecular weight is 516 g/mol. The monoisotopic (exact) mass is 515 g/mol. The third-order valence-electron chi connectivity index (χ3n) is 7.40. The van der Waals surface area contributed by atoms with Crippen LogP contribution in [0.5, 0.6) is 5.75 Å². The van der Waals surface area contributed by atoms with Crippen LogP contribution >= 0.6 is 11.8 Å². The molecule has 0 amide bonds. The molecular formula is C27H37N3O3S2. The van der Waals surface area contributed by atoms with E-state index in [-0.39, 0.29) is 0 Å². The zero-order valence-corrected chi connectivity index (χ0v) is 22.3. The van der Waals surface area contributed by atoms with Crippen molar-refractivity contribution < 1.29 is 13.2 Å². The van der Waals surface area contributed by atoms with E-state index in [0.29, 0.717) is 18.0 Å². The molecule has 2 saturated heterocycles. The van der Waals surface area contributed by atoms with Gasteiger partial charge in [-0.3, -0.25) is 9.21 Å². The van der Waals surface area contributed by atoms with Crippen molar-refractivity contribution in [3.05, 3.63) is 48.0 Å². The molecule has 0 bridgehead atoms. The Kier molecular flexibility index (Phi) is 7.92. The van der Waals surface area contributed by atoms with Crippen LogP contribution in [0.25, 0.3) is 0 Å². The van der Waals surface area contributed by atoms with E-state index < -0.39 is 10.0 Å². The molecule has 8 heteroatoms. The molecule has 2 aromatic carbocycles. The van der Waals surface area contributed by atoms with Crippen LogP contribution < -0.4 is 9.04 Å². The van der Waals surface area contributed by atoms with E-state index in [1.807, 2.05) is 37.3 Å². The molecule has 2 aromatic rings. The van der Waals surface area contributed by atoms with E-state index in [0.717, 1.165) is 46.7 Å². The second-order valence-electron chi connectivity index (χ2n) is 9.91. The molecule has 3 aliphatic rings. The lowest BCUT2D eigenvalue weighted by atomic mass is 10.1. The lowest BCUT2D eigenvalue weighted by molar-refractivity contribution is 0.160. The Hall–Kier alpha value is -1.74. The maximum Gasteiger partial charge on any atom is 0.264 e. The quantitative estimate of drug-likeness (QED) is 0.478. The van der Waals surface area contributed by atoms with Crippen LogP contribution in [-0.2, 0) is 10.0 Å². The van der Waals surface area contributed by atoms with E-state index in [9.17, 15) is 8.42 Å². The van der Waals surface area contributed by atoms with E-state index in [4.69, 9.17) is 4.74 Å². The zero-order valence-electron chi connectivity index (χ0n) is 20.7. The number of aryl methyl sites for hydroxylation is 1. The molecular weight excluding hydrogens is 478 g/mol. The number of likely N-dealkylation sites (tertiary alicyclic amines) is 2. The zero-order chi connectivity index (χ0) is 24.3. The summed E-state index contributed by atoms with van der Waals surface area (Å²) in [6, 6.07) is 13.7. The number of ether oxygens (including phenoxy) is 1. The van der Waals surface area contributed by atoms with Gasteiger partial charge in [0.05, 0.1) is 17.2 Å². The fraction of sp³-hybridized carbons (Fsp3) is 0.556. The van der Waals surface area contributed by atoms with Crippen LogP contribution in [0.4, 0.5) is 5.69 Å². The van der Waals surface area contributed by atoms with Crippen LogP contribution in [0.3, 0.4) is 0 Å². The van der Waals surface area contributed by atoms with Gasteiger partial charge in [-0.05, 0) is 76.5 Å². The number of sulfonamides is 1. The van der Waals surface area contributed by atoms with Gasteiger partial charge in [-0.15, -0.1) is 11.8 Å². The van der Waals surface area contributed by atoms with E-state index >= 15 is 0 Å². The summed E-state index contributed by atoms with van der Waals surface area (Å²) in [5, 5.41) is 0. The molecule has 190 valence electrons. The van der Waals surface area contributed by atoms with Crippen molar-refractivity contribution in [1.29, 1.82) is 0 Å². The van der Waals surface area contributed by atoms with Crippen molar-refractivity contribution in [2.24, 2.45) is 0 Å². The largest absolute Gasteiger partial charge is 0.493 e. The van der Waals surface area contributed by atoms with Gasteiger partial charge in [-0.2, -0.15) is 0 Å². The summed E-state index contributed by atoms with van der Waals surface area (Å²) in [5.41, 5.74) is 1.77. The number of benzene rings is 2. The van der Waals surface area contributed by atoms with Crippen molar-refractivity contribution in [2.75, 3.05) is 55.9 Å². The molecule has 35 heavy (non-hydrogen) atoms. The minimum Gasteiger partial charge on any atom is -0.493 e. The molecule has 0 N–H and O–H groups in total. The summed E-state index contributed by atoms with van der Waals surface area (Å²) in [6.45, 7) is 9.03. The summed E-state index contributed by atoms with van der Waals surface area (Å²) in [4.78, 5) is 6.59. The van der Waals surface area contributed by atoms with Crippen LogP contribution in [-0.4, -0.2) is 75.9 Å². The van der Waals surface area contributed by atoms with Crippen molar-refractivity contribution >= 4 is 27.5 Å². The van der Waals surface area contributed by atoms with Crippen molar-refractivity contribution in [3.63, 3.8) is 0 Å². The number of hydrogen-bond acceptors (Lipinski definition) is 6. The van der Waals surface area contributed by atoms with Gasteiger partial charge >= 0.3 is 0 Å². The molecule has 3 heterocycles. The van der Waals surface area contributed by atoms with Crippen LogP contribution in [0.2, 0.25) is 0 Å². The number of anilines is 1. The lowest BCUT2D eigenvalue weighted by Crippen LogP contribution is -2.41. The standard InChI is InChI=1S/C27H37N3O3S2/c1-22-6-9-25(10-7-22)35(31,32)30-17-19-34-27-11-8-24(20-26(27)30)33-18-5-13-28-16-12-23(21-28)29-14-3-2-4-15-29/h6-11,20,23H,2-5,12-19,21H2,1H3/t23-/m0/s1. The Morgan fingerprint density at radius 2 is 1.80 bits per heavy atom. The van der Waals surface area contributed by atoms with E-state index in [1.165, 1.54) is 51.9 Å². The average Bonchev–Trinajstić information content (AvgIpc) is 3.36. The fourth-order valence-corrected chi connectivity index (χ4v) is 8.05. The van der Waals surface area contributed by atoms with Gasteiger partial charge in [-0.1, -0.05) is 24.1 Å². The van der Waals surface area contributed by atoms with Crippen molar-refractivity contribution in [1.82, 2.24) is 9.80 Å². The SMILES string of the molecule is Cc1ccc(S(=O)(=O)N2CCSc3ccc(OCCCN4CC[C@H](N5CCCCC5)C4)cc32)cc1. The predicted octanol–water partition coefficient (Wildman–Crippen LogP) is 4.63. The molecule has 0 aliphatic carbocycles. The summed E-state index contributed by atoms with van der Waals surface area (Å²) in [6.07, 6.45) is 6.36. The Balaban J connectivity index is 1.17. The van der Waals surface area contributed by atoms with Crippen LogP contribution in [0, 0.1) is 6.92 Å². The summed E-state index contributed by atoms with van der Waals surface area (Å²) in [7, 11) is -3.61. The van der Waals surface area contributed by atoms with Gasteiger partial charge in [0.1, 0.15) is 5.75 Å². The molecule has 2 fully saturated rings. The minimum atomic E-state index is -3.61. The number of rotatable bonds is 8. The summed E-state index contributed by atoms with van der Waals surface area (Å²) < 4.78 is 34.4. The van der Waals surface area contributed by atoms with Crippen LogP contribution in [0.15, 0.2) is 52.3 Å². The first-order valence-electron chi connectivity index (χ1n) is 13.0. The Morgan fingerprint density at radius 3 is 2.60 bits per heavy atom. The molecule has 0 unspecified atom stereocenters. The third-order valence-corrected chi connectivity index (χ3v) is 10.3. The first-order chi connectivity index (χ1) is 17.0. The number of piperidine rings is 1. The fourth-order valence-electron chi connectivity index (χ4n) is 5.43. The highest BCUT2D eigenvalue weighted by molar-refractivity contribution is 8.00. The van der Waals surface area contributed by atoms with Crippen molar-refractivity contribution in [2.45, 2.75) is 54.9 Å². The highest BCUT2D eigenvalue weighted by atomic mass is 32.2. The van der Waals surface area contributed by atoms with E-state index in [2.05, 4.69) is 9.80 Å². The molecule has 0 radical (unpaired) electrons. The van der Waals surface area contributed by atoms with Gasteiger partial charge in [0.2, 0.25) is 0 Å². The number of fused-ring (bicyclic) bond motifs is 1. The molecule has 0 aromatic heterocycles. The van der Waals surface area contributed by atoms with Gasteiger partial charge in [0, 0.05) is 42.4 Å². The highest BCUT2D eigenvalue weighted by Crippen LogP contribution is 2.40. The number of thioether (sulfide) groups is 1. The summed E-state index contributed by atoms with van der Waals surface area (Å²) in [5.74, 6) is 1.48. The first-order valence-corrected chi connectivity index (χ1v) is 15.4. The molecule has 1 atom stereocenters. The van der Waals surface area contributed by atoms with Gasteiger partial charge < -0.3 is 9.64 Å². The minimum absolute atomic E-state index is 0.334. The molecule has 5 rings (SSSR count). The van der Waals surface area contributed by atoms with Gasteiger partial charge in [0.15, 0.2) is 0 Å². The predicted molar refractivity (Wildman–Crippen MR) is 143 cm³/mol. The molecule has 0 spiro atoms. The second-order valence-corrected chi connectivity index (χ2v) is 12.9. The second kappa shape index (κ2) is 11.1. The number of hydrogen-bond donors (Lipinski definition) is 0. The Morgan fingerprint density at radius 1 is 1.00 bits per heavy atom. The van der Waals surface area contributed by atoms with Crippen LogP contribution in [0.1, 0.15) is 37.7 Å².